The minimum atomic E-state index is -0.224. The van der Waals surface area contributed by atoms with Gasteiger partial charge >= 0.3 is 0 Å². The second kappa shape index (κ2) is 9.39. The molecule has 0 radical (unpaired) electrons. The van der Waals surface area contributed by atoms with Gasteiger partial charge in [0.2, 0.25) is 0 Å². The third kappa shape index (κ3) is 5.79. The van der Waals surface area contributed by atoms with E-state index in [1.807, 2.05) is 24.3 Å². The van der Waals surface area contributed by atoms with Crippen molar-refractivity contribution in [2.24, 2.45) is 5.92 Å². The highest BCUT2D eigenvalue weighted by Gasteiger charge is 2.27. The Morgan fingerprint density at radius 3 is 2.95 bits per heavy atom. The third-order valence-electron chi connectivity index (χ3n) is 4.44. The lowest BCUT2D eigenvalue weighted by Crippen LogP contribution is -2.44. The van der Waals surface area contributed by atoms with Crippen LogP contribution in [0.4, 0.5) is 0 Å². The van der Waals surface area contributed by atoms with Crippen LogP contribution in [-0.2, 0) is 0 Å². The van der Waals surface area contributed by atoms with Crippen LogP contribution in [0.25, 0.3) is 0 Å². The number of hydrogen-bond donors (Lipinski definition) is 1. The number of unbranched alkanes of at least 4 members (excludes halogenated alkanes) is 2. The van der Waals surface area contributed by atoms with E-state index < -0.39 is 0 Å². The summed E-state index contributed by atoms with van der Waals surface area (Å²) >= 11 is 5.94. The van der Waals surface area contributed by atoms with E-state index in [0.717, 1.165) is 38.2 Å². The van der Waals surface area contributed by atoms with Crippen LogP contribution in [0.5, 0.6) is 5.75 Å². The molecule has 1 aliphatic heterocycles. The van der Waals surface area contributed by atoms with E-state index in [9.17, 15) is 5.11 Å². The molecule has 2 atom stereocenters. The van der Waals surface area contributed by atoms with Crippen molar-refractivity contribution < 1.29 is 9.84 Å². The monoisotopic (exact) mass is 325 g/mol. The molecule has 0 saturated carbocycles. The molecule has 2 rings (SSSR count). The van der Waals surface area contributed by atoms with Crippen molar-refractivity contribution in [3.63, 3.8) is 0 Å². The standard InChI is InChI=1S/C18H28ClNO2/c1-2-3-4-10-20-11-8-15(18(21)14-20)9-12-22-17-7-5-6-16(19)13-17/h5-7,13,15,18,21H,2-4,8-12,14H2,1H3/t15-,18-/m1/s1. The predicted octanol–water partition coefficient (Wildman–Crippen LogP) is 3.98. The Bertz CT molecular complexity index is 441. The zero-order chi connectivity index (χ0) is 15.8. The van der Waals surface area contributed by atoms with E-state index in [1.54, 1.807) is 0 Å². The lowest BCUT2D eigenvalue weighted by Gasteiger charge is -2.36. The zero-order valence-electron chi connectivity index (χ0n) is 13.5. The molecule has 1 heterocycles. The van der Waals surface area contributed by atoms with E-state index in [0.29, 0.717) is 17.5 Å². The van der Waals surface area contributed by atoms with Crippen LogP contribution in [0.15, 0.2) is 24.3 Å². The number of likely N-dealkylation sites (tertiary alicyclic amines) is 1. The fourth-order valence-electron chi connectivity index (χ4n) is 3.06. The van der Waals surface area contributed by atoms with Crippen molar-refractivity contribution in [3.8, 4) is 5.75 Å². The number of halogens is 1. The smallest absolute Gasteiger partial charge is 0.120 e. The number of benzene rings is 1. The molecular formula is C18H28ClNO2. The molecule has 0 aromatic heterocycles. The van der Waals surface area contributed by atoms with Crippen LogP contribution in [0.2, 0.25) is 5.02 Å². The summed E-state index contributed by atoms with van der Waals surface area (Å²) in [5.74, 6) is 1.15. The Morgan fingerprint density at radius 2 is 2.23 bits per heavy atom. The summed E-state index contributed by atoms with van der Waals surface area (Å²) in [6.07, 6.45) is 5.51. The molecule has 1 aromatic rings. The van der Waals surface area contributed by atoms with Gasteiger partial charge in [-0.3, -0.25) is 0 Å². The number of piperidine rings is 1. The van der Waals surface area contributed by atoms with Gasteiger partial charge < -0.3 is 14.7 Å². The highest BCUT2D eigenvalue weighted by molar-refractivity contribution is 6.30. The van der Waals surface area contributed by atoms with E-state index in [1.165, 1.54) is 19.3 Å². The Kier molecular flexibility index (Phi) is 7.50. The quantitative estimate of drug-likeness (QED) is 0.734. The number of β-amino-alcohol motifs (C(OH)–C–C–N with tert-alkyl or cyclic N) is 1. The van der Waals surface area contributed by atoms with Gasteiger partial charge in [0.05, 0.1) is 12.7 Å². The molecule has 1 aliphatic rings. The number of ether oxygens (including phenoxy) is 1. The van der Waals surface area contributed by atoms with Crippen LogP contribution in [0, 0.1) is 5.92 Å². The summed E-state index contributed by atoms with van der Waals surface area (Å²) < 4.78 is 5.74. The highest BCUT2D eigenvalue weighted by atomic mass is 35.5. The van der Waals surface area contributed by atoms with Gasteiger partial charge in [0, 0.05) is 11.6 Å². The lowest BCUT2D eigenvalue weighted by molar-refractivity contribution is 0.0129. The molecule has 4 heteroatoms. The SMILES string of the molecule is CCCCCN1CC[C@H](CCOc2cccc(Cl)c2)[C@H](O)C1. The maximum absolute atomic E-state index is 10.3. The Hall–Kier alpha value is -0.770. The predicted molar refractivity (Wildman–Crippen MR) is 91.6 cm³/mol. The zero-order valence-corrected chi connectivity index (χ0v) is 14.3. The van der Waals surface area contributed by atoms with Gasteiger partial charge in [0.25, 0.3) is 0 Å². The first-order valence-corrected chi connectivity index (χ1v) is 8.85. The molecule has 124 valence electrons. The molecule has 3 nitrogen and oxygen atoms in total. The second-order valence-electron chi connectivity index (χ2n) is 6.22. The molecule has 1 saturated heterocycles. The first-order chi connectivity index (χ1) is 10.7. The van der Waals surface area contributed by atoms with Crippen molar-refractivity contribution >= 4 is 11.6 Å². The van der Waals surface area contributed by atoms with Crippen LogP contribution < -0.4 is 4.74 Å². The molecule has 0 amide bonds. The molecule has 22 heavy (non-hydrogen) atoms. The molecule has 0 spiro atoms. The van der Waals surface area contributed by atoms with Gasteiger partial charge in [0.15, 0.2) is 0 Å². The molecule has 1 fully saturated rings. The first kappa shape index (κ1) is 17.6. The minimum absolute atomic E-state index is 0.224. The van der Waals surface area contributed by atoms with E-state index >= 15 is 0 Å². The number of aliphatic hydroxyl groups excluding tert-OH is 1. The van der Waals surface area contributed by atoms with Crippen molar-refractivity contribution in [3.05, 3.63) is 29.3 Å². The van der Waals surface area contributed by atoms with Crippen LogP contribution in [0.1, 0.15) is 39.0 Å². The lowest BCUT2D eigenvalue weighted by atomic mass is 9.91. The van der Waals surface area contributed by atoms with Crippen LogP contribution >= 0.6 is 11.6 Å². The topological polar surface area (TPSA) is 32.7 Å². The van der Waals surface area contributed by atoms with Crippen molar-refractivity contribution in [2.45, 2.75) is 45.1 Å². The van der Waals surface area contributed by atoms with Crippen LogP contribution in [0.3, 0.4) is 0 Å². The van der Waals surface area contributed by atoms with Gasteiger partial charge in [-0.25, -0.2) is 0 Å². The summed E-state index contributed by atoms with van der Waals surface area (Å²) in [4.78, 5) is 2.40. The van der Waals surface area contributed by atoms with Gasteiger partial charge in [-0.15, -0.1) is 0 Å². The molecule has 1 N–H and O–H groups in total. The molecule has 1 aromatic carbocycles. The van der Waals surface area contributed by atoms with Gasteiger partial charge in [-0.1, -0.05) is 37.4 Å². The molecule has 0 unspecified atom stereocenters. The average molecular weight is 326 g/mol. The number of hydrogen-bond acceptors (Lipinski definition) is 3. The van der Waals surface area contributed by atoms with Gasteiger partial charge in [0.1, 0.15) is 5.75 Å². The minimum Gasteiger partial charge on any atom is -0.494 e. The van der Waals surface area contributed by atoms with Gasteiger partial charge in [-0.05, 0) is 56.5 Å². The highest BCUT2D eigenvalue weighted by Crippen LogP contribution is 2.23. The molecule has 0 bridgehead atoms. The second-order valence-corrected chi connectivity index (χ2v) is 6.65. The Labute approximate surface area is 139 Å². The maximum Gasteiger partial charge on any atom is 0.120 e. The number of aliphatic hydroxyl groups is 1. The van der Waals surface area contributed by atoms with Crippen LogP contribution in [-0.4, -0.2) is 42.4 Å². The van der Waals surface area contributed by atoms with E-state index in [-0.39, 0.29) is 6.10 Å². The first-order valence-electron chi connectivity index (χ1n) is 8.48. The van der Waals surface area contributed by atoms with E-state index in [4.69, 9.17) is 16.3 Å². The number of rotatable bonds is 8. The summed E-state index contributed by atoms with van der Waals surface area (Å²) in [5.41, 5.74) is 0. The largest absolute Gasteiger partial charge is 0.494 e. The molecule has 0 aliphatic carbocycles. The Balaban J connectivity index is 1.67. The van der Waals surface area contributed by atoms with Crippen molar-refractivity contribution in [2.75, 3.05) is 26.2 Å². The number of nitrogens with zero attached hydrogens (tertiary/aromatic N) is 1. The Morgan fingerprint density at radius 1 is 1.36 bits per heavy atom. The van der Waals surface area contributed by atoms with Gasteiger partial charge in [-0.2, -0.15) is 0 Å². The summed E-state index contributed by atoms with van der Waals surface area (Å²) in [7, 11) is 0. The fraction of sp³-hybridized carbons (Fsp3) is 0.667. The summed E-state index contributed by atoms with van der Waals surface area (Å²) in [5, 5.41) is 11.0. The molecular weight excluding hydrogens is 298 g/mol. The van der Waals surface area contributed by atoms with Crippen molar-refractivity contribution in [1.82, 2.24) is 4.90 Å². The summed E-state index contributed by atoms with van der Waals surface area (Å²) in [6.45, 7) is 5.89. The third-order valence-corrected chi connectivity index (χ3v) is 4.67. The normalized spacial score (nSPS) is 22.7. The summed E-state index contributed by atoms with van der Waals surface area (Å²) in [6, 6.07) is 7.47. The van der Waals surface area contributed by atoms with E-state index in [2.05, 4.69) is 11.8 Å². The maximum atomic E-state index is 10.3. The fourth-order valence-corrected chi connectivity index (χ4v) is 3.24. The van der Waals surface area contributed by atoms with Crippen molar-refractivity contribution in [1.29, 1.82) is 0 Å². The average Bonchev–Trinajstić information content (AvgIpc) is 2.50.